The minimum Gasteiger partial charge on any atom is -0.397 e. The largest absolute Gasteiger partial charge is 0.397 e. The summed E-state index contributed by atoms with van der Waals surface area (Å²) in [6.45, 7) is 1.36. The number of hydrogen-bond donors (Lipinski definition) is 1. The van der Waals surface area contributed by atoms with E-state index in [0.29, 0.717) is 24.5 Å². The highest BCUT2D eigenvalue weighted by Crippen LogP contribution is 2.32. The molecule has 0 aliphatic carbocycles. The molecular weight excluding hydrogens is 203 g/mol. The first kappa shape index (κ1) is 9.34. The number of halogens is 2. The Labute approximate surface area is 86.8 Å². The molecular formula is C10H10ClFN2. The maximum absolute atomic E-state index is 13.6. The quantitative estimate of drug-likeness (QED) is 0.572. The van der Waals surface area contributed by atoms with Gasteiger partial charge in [-0.25, -0.2) is 4.39 Å². The summed E-state index contributed by atoms with van der Waals surface area (Å²) in [7, 11) is 0. The van der Waals surface area contributed by atoms with Crippen LogP contribution < -0.4 is 10.6 Å². The summed E-state index contributed by atoms with van der Waals surface area (Å²) in [4.78, 5) is 1.84. The topological polar surface area (TPSA) is 29.3 Å². The standard InChI is InChI=1S/C10H10ClFN2/c11-7-3-4-8(13)10(9(7)12)14-5-1-2-6-14/h1-4H,5-6,13H2. The highest BCUT2D eigenvalue weighted by atomic mass is 35.5. The zero-order chi connectivity index (χ0) is 10.1. The molecule has 0 radical (unpaired) electrons. The number of nitrogens with two attached hydrogens (primary N) is 1. The Morgan fingerprint density at radius 3 is 2.57 bits per heavy atom. The van der Waals surface area contributed by atoms with Crippen LogP contribution in [0.1, 0.15) is 0 Å². The SMILES string of the molecule is Nc1ccc(Cl)c(F)c1N1CC=CC1. The van der Waals surface area contributed by atoms with Gasteiger partial charge in [0, 0.05) is 13.1 Å². The van der Waals surface area contributed by atoms with Crippen molar-refractivity contribution < 1.29 is 4.39 Å². The second-order valence-corrected chi connectivity index (χ2v) is 3.58. The van der Waals surface area contributed by atoms with Gasteiger partial charge in [0.15, 0.2) is 5.82 Å². The van der Waals surface area contributed by atoms with Crippen molar-refractivity contribution in [1.29, 1.82) is 0 Å². The highest BCUT2D eigenvalue weighted by Gasteiger charge is 2.17. The van der Waals surface area contributed by atoms with Gasteiger partial charge in [-0.3, -0.25) is 0 Å². The van der Waals surface area contributed by atoms with Crippen molar-refractivity contribution in [3.05, 3.63) is 35.1 Å². The summed E-state index contributed by atoms with van der Waals surface area (Å²) in [5.74, 6) is -0.435. The van der Waals surface area contributed by atoms with Crippen LogP contribution in [0.5, 0.6) is 0 Å². The van der Waals surface area contributed by atoms with Crippen LogP contribution in [0, 0.1) is 5.82 Å². The van der Waals surface area contributed by atoms with Crippen LogP contribution in [0.15, 0.2) is 24.3 Å². The molecule has 0 fully saturated rings. The van der Waals surface area contributed by atoms with Gasteiger partial charge in [-0.2, -0.15) is 0 Å². The van der Waals surface area contributed by atoms with E-state index in [1.165, 1.54) is 6.07 Å². The van der Waals surface area contributed by atoms with E-state index in [2.05, 4.69) is 0 Å². The van der Waals surface area contributed by atoms with Crippen molar-refractivity contribution in [1.82, 2.24) is 0 Å². The summed E-state index contributed by atoms with van der Waals surface area (Å²) in [5, 5.41) is 0.112. The minimum atomic E-state index is -0.435. The van der Waals surface area contributed by atoms with E-state index in [4.69, 9.17) is 17.3 Å². The molecule has 74 valence electrons. The molecule has 1 aromatic rings. The molecule has 1 heterocycles. The van der Waals surface area contributed by atoms with Gasteiger partial charge in [0.25, 0.3) is 0 Å². The highest BCUT2D eigenvalue weighted by molar-refractivity contribution is 6.31. The van der Waals surface area contributed by atoms with Crippen molar-refractivity contribution in [3.8, 4) is 0 Å². The van der Waals surface area contributed by atoms with E-state index < -0.39 is 5.82 Å². The number of rotatable bonds is 1. The Bertz CT molecular complexity index is 382. The van der Waals surface area contributed by atoms with Gasteiger partial charge >= 0.3 is 0 Å². The fraction of sp³-hybridized carbons (Fsp3) is 0.200. The molecule has 0 unspecified atom stereocenters. The maximum atomic E-state index is 13.6. The van der Waals surface area contributed by atoms with Gasteiger partial charge in [-0.1, -0.05) is 23.8 Å². The Kier molecular flexibility index (Phi) is 2.33. The molecule has 0 bridgehead atoms. The summed E-state index contributed by atoms with van der Waals surface area (Å²) in [5.41, 5.74) is 6.53. The predicted octanol–water partition coefficient (Wildman–Crippen LogP) is 2.44. The molecule has 1 aliphatic rings. The molecule has 1 aromatic carbocycles. The molecule has 0 saturated heterocycles. The summed E-state index contributed by atoms with van der Waals surface area (Å²) in [6.07, 6.45) is 3.94. The lowest BCUT2D eigenvalue weighted by molar-refractivity contribution is 0.625. The first-order chi connectivity index (χ1) is 6.70. The van der Waals surface area contributed by atoms with E-state index in [0.717, 1.165) is 0 Å². The smallest absolute Gasteiger partial charge is 0.167 e. The molecule has 0 aromatic heterocycles. The van der Waals surface area contributed by atoms with Crippen LogP contribution in [-0.4, -0.2) is 13.1 Å². The summed E-state index contributed by atoms with van der Waals surface area (Å²) in [6, 6.07) is 3.10. The molecule has 14 heavy (non-hydrogen) atoms. The molecule has 0 spiro atoms. The van der Waals surface area contributed by atoms with Crippen molar-refractivity contribution in [2.75, 3.05) is 23.7 Å². The monoisotopic (exact) mass is 212 g/mol. The molecule has 0 atom stereocenters. The van der Waals surface area contributed by atoms with Gasteiger partial charge in [0.1, 0.15) is 0 Å². The van der Waals surface area contributed by atoms with Crippen molar-refractivity contribution in [2.24, 2.45) is 0 Å². The Morgan fingerprint density at radius 1 is 1.29 bits per heavy atom. The number of hydrogen-bond acceptors (Lipinski definition) is 2. The third-order valence-corrected chi connectivity index (χ3v) is 2.53. The predicted molar refractivity (Wildman–Crippen MR) is 57.2 cm³/mol. The number of nitrogens with zero attached hydrogens (tertiary/aromatic N) is 1. The number of nitrogen functional groups attached to an aromatic ring is 1. The number of anilines is 2. The zero-order valence-corrected chi connectivity index (χ0v) is 8.26. The van der Waals surface area contributed by atoms with E-state index in [1.807, 2.05) is 17.1 Å². The Balaban J connectivity index is 2.45. The summed E-state index contributed by atoms with van der Waals surface area (Å²) >= 11 is 5.69. The fourth-order valence-corrected chi connectivity index (χ4v) is 1.69. The van der Waals surface area contributed by atoms with Crippen molar-refractivity contribution in [2.45, 2.75) is 0 Å². The Morgan fingerprint density at radius 2 is 1.93 bits per heavy atom. The van der Waals surface area contributed by atoms with Gasteiger partial charge < -0.3 is 10.6 Å². The van der Waals surface area contributed by atoms with Crippen LogP contribution in [0.4, 0.5) is 15.8 Å². The van der Waals surface area contributed by atoms with E-state index in [-0.39, 0.29) is 5.02 Å². The minimum absolute atomic E-state index is 0.112. The second-order valence-electron chi connectivity index (χ2n) is 3.18. The molecule has 2 nitrogen and oxygen atoms in total. The first-order valence-electron chi connectivity index (χ1n) is 4.33. The second kappa shape index (κ2) is 3.50. The molecule has 0 saturated carbocycles. The van der Waals surface area contributed by atoms with Crippen LogP contribution in [0.3, 0.4) is 0 Å². The molecule has 2 N–H and O–H groups in total. The van der Waals surface area contributed by atoms with Gasteiger partial charge in [0.05, 0.1) is 16.4 Å². The summed E-state index contributed by atoms with van der Waals surface area (Å²) < 4.78 is 13.6. The number of benzene rings is 1. The molecule has 1 aliphatic heterocycles. The fourth-order valence-electron chi connectivity index (χ4n) is 1.54. The van der Waals surface area contributed by atoms with E-state index in [9.17, 15) is 4.39 Å². The van der Waals surface area contributed by atoms with Crippen LogP contribution >= 0.6 is 11.6 Å². The zero-order valence-electron chi connectivity index (χ0n) is 7.50. The van der Waals surface area contributed by atoms with Gasteiger partial charge in [-0.05, 0) is 12.1 Å². The third kappa shape index (κ3) is 1.44. The van der Waals surface area contributed by atoms with Crippen molar-refractivity contribution in [3.63, 3.8) is 0 Å². The lowest BCUT2D eigenvalue weighted by Crippen LogP contribution is -2.21. The van der Waals surface area contributed by atoms with Crippen LogP contribution in [-0.2, 0) is 0 Å². The van der Waals surface area contributed by atoms with Gasteiger partial charge in [0.2, 0.25) is 0 Å². The lowest BCUT2D eigenvalue weighted by atomic mass is 10.2. The first-order valence-corrected chi connectivity index (χ1v) is 4.71. The van der Waals surface area contributed by atoms with Crippen LogP contribution in [0.2, 0.25) is 5.02 Å². The molecule has 2 rings (SSSR count). The van der Waals surface area contributed by atoms with E-state index >= 15 is 0 Å². The Hall–Kier alpha value is -1.22. The normalized spacial score (nSPS) is 15.1. The average molecular weight is 213 g/mol. The molecule has 4 heteroatoms. The van der Waals surface area contributed by atoms with Gasteiger partial charge in [-0.15, -0.1) is 0 Å². The van der Waals surface area contributed by atoms with Crippen molar-refractivity contribution >= 4 is 23.0 Å². The third-order valence-electron chi connectivity index (χ3n) is 2.23. The lowest BCUT2D eigenvalue weighted by Gasteiger charge is -2.20. The molecule has 0 amide bonds. The van der Waals surface area contributed by atoms with Crippen LogP contribution in [0.25, 0.3) is 0 Å². The van der Waals surface area contributed by atoms with E-state index in [1.54, 1.807) is 6.07 Å². The average Bonchev–Trinajstić information content (AvgIpc) is 2.65. The maximum Gasteiger partial charge on any atom is 0.167 e.